The molecule has 3 aromatic carbocycles. The summed E-state index contributed by atoms with van der Waals surface area (Å²) in [5, 5.41) is 10.9. The molecule has 4 nitrogen and oxygen atoms in total. The molecule has 0 aliphatic rings. The van der Waals surface area contributed by atoms with Crippen LogP contribution in [0.3, 0.4) is 0 Å². The molecule has 0 aliphatic carbocycles. The maximum atomic E-state index is 13.3. The number of benzene rings is 3. The van der Waals surface area contributed by atoms with Crippen LogP contribution in [0.15, 0.2) is 109 Å². The van der Waals surface area contributed by atoms with E-state index in [0.717, 1.165) is 5.06 Å². The monoisotopic (exact) mass is 379 g/mol. The summed E-state index contributed by atoms with van der Waals surface area (Å²) >= 11 is 0. The van der Waals surface area contributed by atoms with Crippen molar-refractivity contribution >= 4 is 15.5 Å². The minimum Gasteiger partial charge on any atom is -0.288 e. The Balaban J connectivity index is 2.13. The summed E-state index contributed by atoms with van der Waals surface area (Å²) in [6, 6.07) is 25.3. The van der Waals surface area contributed by atoms with Crippen LogP contribution < -0.4 is 5.06 Å². The second-order valence-electron chi connectivity index (χ2n) is 6.09. The molecule has 0 unspecified atom stereocenters. The Labute approximate surface area is 159 Å². The van der Waals surface area contributed by atoms with Crippen LogP contribution in [0.2, 0.25) is 0 Å². The highest BCUT2D eigenvalue weighted by atomic mass is 32.2. The van der Waals surface area contributed by atoms with Crippen molar-refractivity contribution in [3.8, 4) is 0 Å². The lowest BCUT2D eigenvalue weighted by Gasteiger charge is -2.33. The largest absolute Gasteiger partial charge is 0.288 e. The van der Waals surface area contributed by atoms with Gasteiger partial charge in [0.1, 0.15) is 11.3 Å². The molecule has 0 heterocycles. The highest BCUT2D eigenvalue weighted by molar-refractivity contribution is 7.92. The number of hydrogen-bond acceptors (Lipinski definition) is 4. The summed E-state index contributed by atoms with van der Waals surface area (Å²) in [6.45, 7) is 3.76. The van der Waals surface area contributed by atoms with Crippen LogP contribution >= 0.6 is 0 Å². The first-order valence-electron chi connectivity index (χ1n) is 8.55. The minimum absolute atomic E-state index is 0.192. The summed E-state index contributed by atoms with van der Waals surface area (Å²) < 4.78 is 26.6. The zero-order valence-electron chi connectivity index (χ0n) is 14.7. The average Bonchev–Trinajstić information content (AvgIpc) is 2.73. The smallest absolute Gasteiger partial charge is 0.187 e. The highest BCUT2D eigenvalue weighted by Gasteiger charge is 2.37. The van der Waals surface area contributed by atoms with Crippen molar-refractivity contribution in [1.29, 1.82) is 0 Å². The second-order valence-corrected chi connectivity index (χ2v) is 8.20. The standard InChI is InChI=1S/C22H21NO3S/c1-2-21(27(25,26)20-16-10-5-11-17-20)22(18-12-6-3-7-13-18)23(24)19-14-8-4-9-15-19/h2-17,21-22,24H,1H2/t21-,22+/m1/s1. The predicted octanol–water partition coefficient (Wildman–Crippen LogP) is 4.65. The molecule has 0 spiro atoms. The Kier molecular flexibility index (Phi) is 5.74. The molecule has 0 radical (unpaired) electrons. The Morgan fingerprint density at radius 1 is 0.815 bits per heavy atom. The van der Waals surface area contributed by atoms with Crippen LogP contribution in [0.25, 0.3) is 0 Å². The van der Waals surface area contributed by atoms with Crippen molar-refractivity contribution in [3.05, 3.63) is 109 Å². The topological polar surface area (TPSA) is 57.6 Å². The van der Waals surface area contributed by atoms with E-state index < -0.39 is 21.1 Å². The third-order valence-electron chi connectivity index (χ3n) is 4.40. The third-order valence-corrected chi connectivity index (χ3v) is 6.49. The van der Waals surface area contributed by atoms with Gasteiger partial charge in [0.25, 0.3) is 0 Å². The van der Waals surface area contributed by atoms with E-state index in [1.165, 1.54) is 6.08 Å². The second kappa shape index (κ2) is 8.20. The number of hydroxylamine groups is 1. The van der Waals surface area contributed by atoms with Gasteiger partial charge in [0.15, 0.2) is 9.84 Å². The molecule has 3 aromatic rings. The molecule has 0 aliphatic heterocycles. The van der Waals surface area contributed by atoms with Crippen LogP contribution in [0.5, 0.6) is 0 Å². The highest BCUT2D eigenvalue weighted by Crippen LogP contribution is 2.34. The van der Waals surface area contributed by atoms with E-state index in [-0.39, 0.29) is 4.90 Å². The maximum absolute atomic E-state index is 13.3. The van der Waals surface area contributed by atoms with Gasteiger partial charge in [-0.1, -0.05) is 72.8 Å². The fourth-order valence-electron chi connectivity index (χ4n) is 3.05. The van der Waals surface area contributed by atoms with Crippen molar-refractivity contribution < 1.29 is 13.6 Å². The van der Waals surface area contributed by atoms with E-state index in [1.54, 1.807) is 66.7 Å². The van der Waals surface area contributed by atoms with Crippen molar-refractivity contribution in [3.63, 3.8) is 0 Å². The number of hydrogen-bond donors (Lipinski definition) is 1. The average molecular weight is 379 g/mol. The van der Waals surface area contributed by atoms with Gasteiger partial charge in [-0.25, -0.2) is 13.5 Å². The van der Waals surface area contributed by atoms with Crippen LogP contribution in [-0.4, -0.2) is 18.9 Å². The van der Waals surface area contributed by atoms with E-state index in [2.05, 4.69) is 6.58 Å². The van der Waals surface area contributed by atoms with Crippen LogP contribution in [0.4, 0.5) is 5.69 Å². The van der Waals surface area contributed by atoms with Gasteiger partial charge in [0.2, 0.25) is 0 Å². The van der Waals surface area contributed by atoms with E-state index >= 15 is 0 Å². The van der Waals surface area contributed by atoms with Gasteiger partial charge in [-0.2, -0.15) is 0 Å². The Morgan fingerprint density at radius 2 is 1.30 bits per heavy atom. The maximum Gasteiger partial charge on any atom is 0.187 e. The summed E-state index contributed by atoms with van der Waals surface area (Å²) in [4.78, 5) is 0.192. The van der Waals surface area contributed by atoms with E-state index in [9.17, 15) is 13.6 Å². The van der Waals surface area contributed by atoms with Crippen molar-refractivity contribution in [1.82, 2.24) is 0 Å². The van der Waals surface area contributed by atoms with Gasteiger partial charge in [-0.3, -0.25) is 5.21 Å². The summed E-state index contributed by atoms with van der Waals surface area (Å²) in [5.74, 6) is 0. The van der Waals surface area contributed by atoms with Gasteiger partial charge in [0.05, 0.1) is 10.6 Å². The number of nitrogens with zero attached hydrogens (tertiary/aromatic N) is 1. The van der Waals surface area contributed by atoms with Crippen LogP contribution in [0, 0.1) is 0 Å². The van der Waals surface area contributed by atoms with Crippen molar-refractivity contribution in [2.24, 2.45) is 0 Å². The van der Waals surface area contributed by atoms with Crippen LogP contribution in [0.1, 0.15) is 11.6 Å². The van der Waals surface area contributed by atoms with Crippen LogP contribution in [-0.2, 0) is 9.84 Å². The molecule has 0 aromatic heterocycles. The summed E-state index contributed by atoms with van der Waals surface area (Å²) in [6.07, 6.45) is 1.38. The first-order chi connectivity index (χ1) is 13.1. The fourth-order valence-corrected chi connectivity index (χ4v) is 4.77. The number of rotatable bonds is 7. The Hall–Kier alpha value is -2.89. The number of sulfone groups is 1. The lowest BCUT2D eigenvalue weighted by Crippen LogP contribution is -2.38. The molecule has 0 saturated heterocycles. The summed E-state index contributed by atoms with van der Waals surface area (Å²) in [5.41, 5.74) is 1.18. The Morgan fingerprint density at radius 3 is 1.81 bits per heavy atom. The number of para-hydroxylation sites is 1. The molecule has 0 fully saturated rings. The normalized spacial score (nSPS) is 13.5. The first kappa shape index (κ1) is 18.9. The van der Waals surface area contributed by atoms with Gasteiger partial charge in [-0.05, 0) is 29.8 Å². The summed E-state index contributed by atoms with van der Waals surface area (Å²) in [7, 11) is -3.77. The molecule has 0 amide bonds. The molecule has 5 heteroatoms. The fraction of sp³-hybridized carbons (Fsp3) is 0.0909. The molecule has 0 bridgehead atoms. The lowest BCUT2D eigenvalue weighted by molar-refractivity contribution is 0.217. The molecular formula is C22H21NO3S. The van der Waals surface area contributed by atoms with E-state index in [1.807, 2.05) is 24.3 Å². The molecule has 0 saturated carbocycles. The zero-order valence-corrected chi connectivity index (χ0v) is 15.5. The number of anilines is 1. The quantitative estimate of drug-likeness (QED) is 0.479. The molecular weight excluding hydrogens is 358 g/mol. The van der Waals surface area contributed by atoms with Gasteiger partial charge in [-0.15, -0.1) is 6.58 Å². The SMILES string of the molecule is C=C[C@H]([C@H](c1ccccc1)N(O)c1ccccc1)S(=O)(=O)c1ccccc1. The van der Waals surface area contributed by atoms with Crippen molar-refractivity contribution in [2.45, 2.75) is 16.2 Å². The first-order valence-corrected chi connectivity index (χ1v) is 10.1. The lowest BCUT2D eigenvalue weighted by atomic mass is 10.0. The van der Waals surface area contributed by atoms with Gasteiger partial charge in [0, 0.05) is 0 Å². The van der Waals surface area contributed by atoms with E-state index in [4.69, 9.17) is 0 Å². The molecule has 138 valence electrons. The van der Waals surface area contributed by atoms with E-state index in [0.29, 0.717) is 11.3 Å². The molecule has 1 N–H and O–H groups in total. The van der Waals surface area contributed by atoms with Gasteiger partial charge >= 0.3 is 0 Å². The minimum atomic E-state index is -3.77. The van der Waals surface area contributed by atoms with Crippen molar-refractivity contribution in [2.75, 3.05) is 5.06 Å². The predicted molar refractivity (Wildman–Crippen MR) is 108 cm³/mol. The molecule has 2 atom stereocenters. The molecule has 27 heavy (non-hydrogen) atoms. The molecule has 3 rings (SSSR count). The Bertz CT molecular complexity index is 974. The van der Waals surface area contributed by atoms with Gasteiger partial charge < -0.3 is 0 Å². The third kappa shape index (κ3) is 3.94. The zero-order chi connectivity index (χ0) is 19.3.